The van der Waals surface area contributed by atoms with Crippen LogP contribution in [0, 0.1) is 0 Å². The molecule has 0 atom stereocenters. The lowest BCUT2D eigenvalue weighted by atomic mass is 9.83. The minimum Gasteiger partial charge on any atom is -0.0757 e. The molecular formula is C52H34. The predicted molar refractivity (Wildman–Crippen MR) is 223 cm³/mol. The molecule has 242 valence electrons. The maximum Gasteiger partial charge on any atom is -0.000753 e. The Morgan fingerprint density at radius 2 is 0.769 bits per heavy atom. The monoisotopic (exact) mass is 658 g/mol. The molecule has 0 heteroatoms. The van der Waals surface area contributed by atoms with E-state index in [9.17, 15) is 0 Å². The molecule has 0 aliphatic heterocycles. The Kier molecular flexibility index (Phi) is 6.48. The van der Waals surface area contributed by atoms with Gasteiger partial charge in [0.05, 0.1) is 0 Å². The van der Waals surface area contributed by atoms with Crippen LogP contribution in [0.15, 0.2) is 170 Å². The van der Waals surface area contributed by atoms with Gasteiger partial charge in [0.2, 0.25) is 0 Å². The highest BCUT2D eigenvalue weighted by Crippen LogP contribution is 2.54. The Hall–Kier alpha value is -6.50. The van der Waals surface area contributed by atoms with E-state index in [0.29, 0.717) is 0 Å². The molecule has 0 amide bonds. The Labute approximate surface area is 303 Å². The van der Waals surface area contributed by atoms with Crippen molar-refractivity contribution in [2.75, 3.05) is 0 Å². The molecule has 0 bridgehead atoms. The van der Waals surface area contributed by atoms with Crippen LogP contribution in [0.2, 0.25) is 0 Å². The number of benzene rings is 9. The normalized spacial score (nSPS) is 12.8. The van der Waals surface area contributed by atoms with Crippen LogP contribution in [0.4, 0.5) is 0 Å². The second kappa shape index (κ2) is 11.5. The van der Waals surface area contributed by atoms with E-state index in [2.05, 4.69) is 182 Å². The lowest BCUT2D eigenvalue weighted by molar-refractivity contribution is 1.12. The zero-order valence-electron chi connectivity index (χ0n) is 28.7. The molecule has 2 aliphatic rings. The molecule has 0 saturated carbocycles. The van der Waals surface area contributed by atoms with Gasteiger partial charge in [0.15, 0.2) is 0 Å². The fourth-order valence-corrected chi connectivity index (χ4v) is 9.05. The van der Waals surface area contributed by atoms with Crippen molar-refractivity contribution < 1.29 is 0 Å². The van der Waals surface area contributed by atoms with E-state index in [1.54, 1.807) is 0 Å². The van der Waals surface area contributed by atoms with Gasteiger partial charge >= 0.3 is 0 Å². The molecule has 0 saturated heterocycles. The van der Waals surface area contributed by atoms with Crippen LogP contribution in [0.3, 0.4) is 0 Å². The summed E-state index contributed by atoms with van der Waals surface area (Å²) in [4.78, 5) is 0. The van der Waals surface area contributed by atoms with Crippen LogP contribution in [-0.2, 0) is 0 Å². The summed E-state index contributed by atoms with van der Waals surface area (Å²) in [6, 6.07) is 63.1. The third-order valence-corrected chi connectivity index (χ3v) is 11.4. The van der Waals surface area contributed by atoms with Gasteiger partial charge in [-0.1, -0.05) is 164 Å². The van der Waals surface area contributed by atoms with Crippen molar-refractivity contribution >= 4 is 44.5 Å². The van der Waals surface area contributed by atoms with E-state index >= 15 is 0 Å². The quantitative estimate of drug-likeness (QED) is 0.177. The van der Waals surface area contributed by atoms with Gasteiger partial charge in [0.1, 0.15) is 0 Å². The summed E-state index contributed by atoms with van der Waals surface area (Å²) in [6.07, 6.45) is 7.10. The molecule has 0 aromatic heterocycles. The molecule has 0 radical (unpaired) electrons. The zero-order chi connectivity index (χ0) is 34.2. The lowest BCUT2D eigenvalue weighted by Gasteiger charge is -2.20. The van der Waals surface area contributed by atoms with E-state index in [1.807, 2.05) is 0 Å². The lowest BCUT2D eigenvalue weighted by Crippen LogP contribution is -2.32. The highest BCUT2D eigenvalue weighted by atomic mass is 14.3. The minimum atomic E-state index is 1.06. The van der Waals surface area contributed by atoms with E-state index in [4.69, 9.17) is 0 Å². The Morgan fingerprint density at radius 3 is 1.40 bits per heavy atom. The largest absolute Gasteiger partial charge is 0.0757 e. The van der Waals surface area contributed by atoms with Gasteiger partial charge in [0, 0.05) is 0 Å². The van der Waals surface area contributed by atoms with Crippen molar-refractivity contribution in [2.45, 2.75) is 12.8 Å². The smallest absolute Gasteiger partial charge is 0.000753 e. The van der Waals surface area contributed by atoms with Crippen LogP contribution in [0.1, 0.15) is 12.8 Å². The van der Waals surface area contributed by atoms with Gasteiger partial charge in [-0.2, -0.15) is 0 Å². The summed E-state index contributed by atoms with van der Waals surface area (Å²) in [5.41, 5.74) is 15.7. The molecule has 0 unspecified atom stereocenters. The van der Waals surface area contributed by atoms with Crippen LogP contribution >= 0.6 is 0 Å². The number of hydrogen-bond donors (Lipinski definition) is 0. The second-order valence-electron chi connectivity index (χ2n) is 14.3. The van der Waals surface area contributed by atoms with Crippen molar-refractivity contribution in [3.8, 4) is 66.8 Å². The summed E-state index contributed by atoms with van der Waals surface area (Å²) in [6.45, 7) is 0. The molecule has 0 nitrogen and oxygen atoms in total. The molecular weight excluding hydrogens is 625 g/mol. The first kappa shape index (κ1) is 29.3. The predicted octanol–water partition coefficient (Wildman–Crippen LogP) is 12.8. The van der Waals surface area contributed by atoms with Crippen LogP contribution in [0.5, 0.6) is 0 Å². The molecule has 2 aliphatic carbocycles. The first-order valence-corrected chi connectivity index (χ1v) is 18.4. The summed E-state index contributed by atoms with van der Waals surface area (Å²) < 4.78 is 0. The summed E-state index contributed by atoms with van der Waals surface area (Å²) >= 11 is 0. The average Bonchev–Trinajstić information content (AvgIpc) is 3.54. The van der Waals surface area contributed by atoms with E-state index in [-0.39, 0.29) is 0 Å². The molecule has 0 spiro atoms. The number of fused-ring (bicyclic) bond motifs is 6. The highest BCUT2D eigenvalue weighted by molar-refractivity contribution is 6.23. The van der Waals surface area contributed by atoms with Gasteiger partial charge in [0.25, 0.3) is 0 Å². The number of rotatable bonds is 4. The molecule has 52 heavy (non-hydrogen) atoms. The summed E-state index contributed by atoms with van der Waals surface area (Å²) in [5, 5.41) is 10.5. The maximum atomic E-state index is 2.49. The summed E-state index contributed by atoms with van der Waals surface area (Å²) in [7, 11) is 0. The van der Waals surface area contributed by atoms with E-state index in [1.165, 1.54) is 110 Å². The van der Waals surface area contributed by atoms with Crippen LogP contribution in [-0.4, -0.2) is 0 Å². The third kappa shape index (κ3) is 4.41. The molecule has 9 aromatic carbocycles. The fourth-order valence-electron chi connectivity index (χ4n) is 9.05. The SMILES string of the molecule is C1=c2c(-c3ccccc3)c3c(c(-c4ccccc4)c2=CCC1)-c1ccc(-c2ccc4cc(-c5ccc6ccccc6c5)ccc4c2)c2cccc-3c12. The van der Waals surface area contributed by atoms with Gasteiger partial charge in [-0.05, 0) is 141 Å². The average molecular weight is 659 g/mol. The standard InChI is InChI=1S/C52H34/c1-3-13-34(14-4-1)48-44-18-9-10-19-45(44)49(35-15-5-2-6-16-35)52-47-29-28-42(43-20-11-21-46(50(43)47)51(48)52)41-27-26-39-31-38(24-25-40(39)32-41)37-23-22-33-12-7-8-17-36(33)30-37/h1-8,11-32H,9-10H2. The van der Waals surface area contributed by atoms with Crippen LogP contribution in [0.25, 0.3) is 111 Å². The summed E-state index contributed by atoms with van der Waals surface area (Å²) in [5.74, 6) is 0. The zero-order valence-corrected chi connectivity index (χ0v) is 28.7. The van der Waals surface area contributed by atoms with Crippen molar-refractivity contribution in [1.82, 2.24) is 0 Å². The Morgan fingerprint density at radius 1 is 0.288 bits per heavy atom. The van der Waals surface area contributed by atoms with E-state index < -0.39 is 0 Å². The topological polar surface area (TPSA) is 0 Å². The number of hydrogen-bond acceptors (Lipinski definition) is 0. The van der Waals surface area contributed by atoms with Crippen molar-refractivity contribution in [3.63, 3.8) is 0 Å². The third-order valence-electron chi connectivity index (χ3n) is 11.4. The maximum absolute atomic E-state index is 2.49. The second-order valence-corrected chi connectivity index (χ2v) is 14.3. The molecule has 0 heterocycles. The molecule has 0 N–H and O–H groups in total. The molecule has 9 aromatic rings. The first-order chi connectivity index (χ1) is 25.8. The Balaban J connectivity index is 1.12. The van der Waals surface area contributed by atoms with Crippen LogP contribution < -0.4 is 10.4 Å². The van der Waals surface area contributed by atoms with Crippen molar-refractivity contribution in [1.29, 1.82) is 0 Å². The van der Waals surface area contributed by atoms with Gasteiger partial charge in [-0.25, -0.2) is 0 Å². The van der Waals surface area contributed by atoms with Gasteiger partial charge < -0.3 is 0 Å². The van der Waals surface area contributed by atoms with Crippen molar-refractivity contribution in [3.05, 3.63) is 180 Å². The van der Waals surface area contributed by atoms with Gasteiger partial charge in [-0.3, -0.25) is 0 Å². The molecule has 11 rings (SSSR count). The van der Waals surface area contributed by atoms with Gasteiger partial charge in [-0.15, -0.1) is 0 Å². The van der Waals surface area contributed by atoms with E-state index in [0.717, 1.165) is 12.8 Å². The first-order valence-electron chi connectivity index (χ1n) is 18.4. The minimum absolute atomic E-state index is 1.06. The highest BCUT2D eigenvalue weighted by Gasteiger charge is 2.30. The Bertz CT molecular complexity index is 2950. The van der Waals surface area contributed by atoms with Crippen molar-refractivity contribution in [2.24, 2.45) is 0 Å². The fraction of sp³-hybridized carbons (Fsp3) is 0.0385. The molecule has 0 fully saturated rings.